The van der Waals surface area contributed by atoms with Crippen LogP contribution in [0.5, 0.6) is 5.75 Å². The maximum atomic E-state index is 12.9. The third-order valence-electron chi connectivity index (χ3n) is 4.65. The largest absolute Gasteiger partial charge is 0.489 e. The zero-order valence-electron chi connectivity index (χ0n) is 15.6. The Hall–Kier alpha value is -1.67. The maximum absolute atomic E-state index is 12.9. The van der Waals surface area contributed by atoms with E-state index in [1.807, 2.05) is 4.90 Å². The van der Waals surface area contributed by atoms with Gasteiger partial charge < -0.3 is 14.7 Å². The number of hydrogen-bond donors (Lipinski definition) is 1. The molecular weight excluding hydrogens is 428 g/mol. The number of benzene rings is 2. The zero-order chi connectivity index (χ0) is 20.1. The van der Waals surface area contributed by atoms with Gasteiger partial charge in [0.25, 0.3) is 0 Å². The lowest BCUT2D eigenvalue weighted by atomic mass is 10.1. The predicted octanol–water partition coefficient (Wildman–Crippen LogP) is 4.34. The predicted molar refractivity (Wildman–Crippen MR) is 110 cm³/mol. The Morgan fingerprint density at radius 3 is 2.38 bits per heavy atom. The van der Waals surface area contributed by atoms with Gasteiger partial charge in [0.2, 0.25) is 0 Å². The summed E-state index contributed by atoms with van der Waals surface area (Å²) in [5.41, 5.74) is -0.0725. The van der Waals surface area contributed by atoms with Crippen LogP contribution in [-0.2, 0) is 6.18 Å². The van der Waals surface area contributed by atoms with Gasteiger partial charge in [-0.05, 0) is 30.3 Å². The van der Waals surface area contributed by atoms with Crippen LogP contribution < -0.4 is 9.64 Å². The number of alkyl halides is 3. The van der Waals surface area contributed by atoms with Gasteiger partial charge in [0.1, 0.15) is 18.5 Å². The van der Waals surface area contributed by atoms with Crippen molar-refractivity contribution < 1.29 is 23.0 Å². The van der Waals surface area contributed by atoms with Crippen LogP contribution in [0.25, 0.3) is 0 Å². The van der Waals surface area contributed by atoms with Crippen LogP contribution in [0.15, 0.2) is 48.5 Å². The first kappa shape index (κ1) is 23.6. The molecule has 1 atom stereocenters. The van der Waals surface area contributed by atoms with Crippen LogP contribution in [0.2, 0.25) is 5.02 Å². The van der Waals surface area contributed by atoms with Gasteiger partial charge in [-0.3, -0.25) is 4.90 Å². The van der Waals surface area contributed by atoms with Crippen molar-refractivity contribution in [3.63, 3.8) is 0 Å². The molecule has 1 fully saturated rings. The maximum Gasteiger partial charge on any atom is 0.416 e. The minimum atomic E-state index is -4.34. The molecule has 0 saturated carbocycles. The summed E-state index contributed by atoms with van der Waals surface area (Å²) in [7, 11) is 0. The van der Waals surface area contributed by atoms with Crippen molar-refractivity contribution in [3.8, 4) is 5.75 Å². The average molecular weight is 451 g/mol. The Morgan fingerprint density at radius 2 is 1.72 bits per heavy atom. The van der Waals surface area contributed by atoms with Crippen LogP contribution in [-0.4, -0.2) is 55.4 Å². The highest BCUT2D eigenvalue weighted by atomic mass is 35.5. The summed E-state index contributed by atoms with van der Waals surface area (Å²) >= 11 is 6.02. The van der Waals surface area contributed by atoms with Gasteiger partial charge in [-0.1, -0.05) is 29.8 Å². The molecule has 160 valence electrons. The number of hydrogen-bond acceptors (Lipinski definition) is 4. The van der Waals surface area contributed by atoms with Gasteiger partial charge in [0, 0.05) is 38.4 Å². The highest BCUT2D eigenvalue weighted by Gasteiger charge is 2.31. The molecule has 1 N–H and O–H groups in total. The lowest BCUT2D eigenvalue weighted by Gasteiger charge is -2.37. The van der Waals surface area contributed by atoms with E-state index in [0.29, 0.717) is 49.2 Å². The molecule has 9 heteroatoms. The van der Waals surface area contributed by atoms with Crippen LogP contribution in [0, 0.1) is 0 Å². The van der Waals surface area contributed by atoms with E-state index < -0.39 is 17.8 Å². The lowest BCUT2D eigenvalue weighted by Crippen LogP contribution is -2.49. The number of aliphatic hydroxyl groups excluding tert-OH is 1. The SMILES string of the molecule is Cl.OC(COc1ccccc1Cl)CN1CCN(c2cccc(C(F)(F)F)c2)CC1. The van der Waals surface area contributed by atoms with Gasteiger partial charge in [-0.2, -0.15) is 13.2 Å². The molecule has 0 bridgehead atoms. The first-order chi connectivity index (χ1) is 13.3. The minimum Gasteiger partial charge on any atom is -0.489 e. The summed E-state index contributed by atoms with van der Waals surface area (Å²) in [6, 6.07) is 12.4. The molecule has 0 spiro atoms. The molecule has 0 amide bonds. The Kier molecular flexibility index (Phi) is 8.46. The Morgan fingerprint density at radius 1 is 1.03 bits per heavy atom. The summed E-state index contributed by atoms with van der Waals surface area (Å²) in [6.45, 7) is 3.05. The normalized spacial score (nSPS) is 16.2. The summed E-state index contributed by atoms with van der Waals surface area (Å²) in [5, 5.41) is 10.7. The smallest absolute Gasteiger partial charge is 0.416 e. The number of β-amino-alcohol motifs (C(OH)–C–C–N with tert-alkyl or cyclic N) is 1. The van der Waals surface area contributed by atoms with Crippen molar-refractivity contribution in [1.29, 1.82) is 0 Å². The van der Waals surface area contributed by atoms with Crippen LogP contribution in [0.3, 0.4) is 0 Å². The number of para-hydroxylation sites is 1. The third kappa shape index (κ3) is 6.67. The fraction of sp³-hybridized carbons (Fsp3) is 0.400. The number of nitrogens with zero attached hydrogens (tertiary/aromatic N) is 2. The Balaban J connectivity index is 0.00000300. The summed E-state index contributed by atoms with van der Waals surface area (Å²) in [5.74, 6) is 0.526. The average Bonchev–Trinajstić information content (AvgIpc) is 2.67. The number of halogens is 5. The summed E-state index contributed by atoms with van der Waals surface area (Å²) < 4.78 is 44.2. The fourth-order valence-electron chi connectivity index (χ4n) is 3.17. The molecule has 1 saturated heterocycles. The molecule has 0 aromatic heterocycles. The van der Waals surface area contributed by atoms with Crippen LogP contribution >= 0.6 is 24.0 Å². The van der Waals surface area contributed by atoms with Gasteiger partial charge in [-0.15, -0.1) is 12.4 Å². The zero-order valence-corrected chi connectivity index (χ0v) is 17.2. The molecule has 0 aliphatic carbocycles. The van der Waals surface area contributed by atoms with E-state index in [4.69, 9.17) is 16.3 Å². The third-order valence-corrected chi connectivity index (χ3v) is 4.96. The Bertz CT molecular complexity index is 784. The van der Waals surface area contributed by atoms with Crippen molar-refractivity contribution >= 4 is 29.7 Å². The van der Waals surface area contributed by atoms with Crippen LogP contribution in [0.4, 0.5) is 18.9 Å². The lowest BCUT2D eigenvalue weighted by molar-refractivity contribution is -0.137. The first-order valence-corrected chi connectivity index (χ1v) is 9.40. The van der Waals surface area contributed by atoms with E-state index in [0.717, 1.165) is 6.07 Å². The number of piperazine rings is 1. The Labute approximate surface area is 179 Å². The quantitative estimate of drug-likeness (QED) is 0.709. The highest BCUT2D eigenvalue weighted by Crippen LogP contribution is 2.32. The monoisotopic (exact) mass is 450 g/mol. The van der Waals surface area contributed by atoms with Crippen molar-refractivity contribution in [1.82, 2.24) is 4.90 Å². The molecule has 29 heavy (non-hydrogen) atoms. The second kappa shape index (κ2) is 10.4. The second-order valence-electron chi connectivity index (χ2n) is 6.73. The number of ether oxygens (including phenoxy) is 1. The molecule has 1 aliphatic rings. The van der Waals surface area contributed by atoms with Gasteiger partial charge in [0.05, 0.1) is 10.6 Å². The molecule has 4 nitrogen and oxygen atoms in total. The first-order valence-electron chi connectivity index (χ1n) is 9.03. The summed E-state index contributed by atoms with van der Waals surface area (Å²) in [4.78, 5) is 4.00. The molecule has 1 aliphatic heterocycles. The van der Waals surface area contributed by atoms with Crippen molar-refractivity contribution in [2.75, 3.05) is 44.2 Å². The molecular formula is C20H23Cl2F3N2O2. The van der Waals surface area contributed by atoms with Crippen LogP contribution in [0.1, 0.15) is 5.56 Å². The van der Waals surface area contributed by atoms with E-state index in [-0.39, 0.29) is 19.0 Å². The van der Waals surface area contributed by atoms with E-state index in [9.17, 15) is 18.3 Å². The van der Waals surface area contributed by atoms with Crippen molar-refractivity contribution in [3.05, 3.63) is 59.1 Å². The van der Waals surface area contributed by atoms with E-state index in [2.05, 4.69) is 4.90 Å². The molecule has 0 radical (unpaired) electrons. The van der Waals surface area contributed by atoms with Crippen molar-refractivity contribution in [2.24, 2.45) is 0 Å². The van der Waals surface area contributed by atoms with E-state index >= 15 is 0 Å². The second-order valence-corrected chi connectivity index (χ2v) is 7.14. The number of anilines is 1. The van der Waals surface area contributed by atoms with Gasteiger partial charge in [-0.25, -0.2) is 0 Å². The minimum absolute atomic E-state index is 0. The number of rotatable bonds is 6. The molecule has 1 heterocycles. The molecule has 2 aromatic rings. The standard InChI is InChI=1S/C20H22ClF3N2O2.ClH/c21-18-6-1-2-7-19(18)28-14-17(27)13-25-8-10-26(11-9-25)16-5-3-4-15(12-16)20(22,23)24;/h1-7,12,17,27H,8-11,13-14H2;1H. The summed E-state index contributed by atoms with van der Waals surface area (Å²) in [6.07, 6.45) is -5.03. The van der Waals surface area contributed by atoms with Crippen molar-refractivity contribution in [2.45, 2.75) is 12.3 Å². The molecule has 1 unspecified atom stereocenters. The van der Waals surface area contributed by atoms with Gasteiger partial charge in [0.15, 0.2) is 0 Å². The van der Waals surface area contributed by atoms with E-state index in [1.165, 1.54) is 12.1 Å². The molecule has 3 rings (SSSR count). The molecule has 2 aromatic carbocycles. The van der Waals surface area contributed by atoms with E-state index in [1.54, 1.807) is 30.3 Å². The highest BCUT2D eigenvalue weighted by molar-refractivity contribution is 6.32. The number of aliphatic hydroxyl groups is 1. The fourth-order valence-corrected chi connectivity index (χ4v) is 3.36. The topological polar surface area (TPSA) is 35.9 Å². The van der Waals surface area contributed by atoms with Gasteiger partial charge >= 0.3 is 6.18 Å².